The average molecular weight is 1340 g/mol. The molecule has 0 saturated carbocycles. The van der Waals surface area contributed by atoms with Crippen molar-refractivity contribution in [3.63, 3.8) is 0 Å². The molecule has 0 spiro atoms. The predicted octanol–water partition coefficient (Wildman–Crippen LogP) is 20.9. The van der Waals surface area contributed by atoms with Gasteiger partial charge in [-0.1, -0.05) is 324 Å². The normalized spacial score (nSPS) is 14.3. The summed E-state index contributed by atoms with van der Waals surface area (Å²) in [4.78, 5) is 72.6. The number of hydrogen-bond acceptors (Lipinski definition) is 15. The van der Waals surface area contributed by atoms with Crippen molar-refractivity contribution in [1.29, 1.82) is 0 Å². The van der Waals surface area contributed by atoms with Gasteiger partial charge in [0.25, 0.3) is 0 Å². The van der Waals surface area contributed by atoms with E-state index in [1.807, 2.05) is 0 Å². The molecule has 0 aromatic heterocycles. The van der Waals surface area contributed by atoms with Gasteiger partial charge in [0.1, 0.15) is 19.3 Å². The highest BCUT2D eigenvalue weighted by atomic mass is 31.2. The summed E-state index contributed by atoms with van der Waals surface area (Å²) in [5.41, 5.74) is 0. The lowest BCUT2D eigenvalue weighted by Crippen LogP contribution is -2.30. The predicted molar refractivity (Wildman–Crippen MR) is 368 cm³/mol. The van der Waals surface area contributed by atoms with E-state index in [1.54, 1.807) is 0 Å². The summed E-state index contributed by atoms with van der Waals surface area (Å²) in [6.07, 6.45) is 52.6. The summed E-state index contributed by atoms with van der Waals surface area (Å²) >= 11 is 0. The van der Waals surface area contributed by atoms with Gasteiger partial charge >= 0.3 is 39.5 Å². The van der Waals surface area contributed by atoms with Gasteiger partial charge in [0, 0.05) is 25.7 Å². The van der Waals surface area contributed by atoms with E-state index in [1.165, 1.54) is 193 Å². The van der Waals surface area contributed by atoms with Gasteiger partial charge in [0.05, 0.1) is 26.4 Å². The van der Waals surface area contributed by atoms with Gasteiger partial charge in [-0.2, -0.15) is 0 Å². The highest BCUT2D eigenvalue weighted by Crippen LogP contribution is 2.45. The standard InChI is InChI=1S/C72H140O17P2/c1-6-10-13-16-19-22-25-28-29-30-32-35-38-41-48-53-58-72(77)88-67(61-82-69(74)55-50-45-39-36-34-31-26-23-20-17-14-11-7-2)63-86-90(78,79)84-59-66(73)60-85-91(80,81)87-64-68(62-83-70(75)56-51-46-43-42-44-49-54-65(5)9-4)89-71(76)57-52-47-40-37-33-27-24-21-18-15-12-8-3/h65-68,73H,6-64H2,1-5H3,(H,78,79)(H,80,81)/t65?,66-,67-,68-/m1/s1. The Morgan fingerprint density at radius 1 is 0.308 bits per heavy atom. The Labute approximate surface area is 556 Å². The summed E-state index contributed by atoms with van der Waals surface area (Å²) in [5, 5.41) is 10.6. The molecule has 540 valence electrons. The minimum absolute atomic E-state index is 0.107. The second kappa shape index (κ2) is 65.4. The molecule has 0 aromatic rings. The van der Waals surface area contributed by atoms with Crippen molar-refractivity contribution in [3.8, 4) is 0 Å². The molecule has 3 unspecified atom stereocenters. The van der Waals surface area contributed by atoms with Crippen molar-refractivity contribution in [1.82, 2.24) is 0 Å². The zero-order valence-corrected chi connectivity index (χ0v) is 60.8. The quantitative estimate of drug-likeness (QED) is 0.0222. The van der Waals surface area contributed by atoms with Crippen LogP contribution in [-0.2, 0) is 65.4 Å². The Hall–Kier alpha value is -1.94. The largest absolute Gasteiger partial charge is 0.472 e. The van der Waals surface area contributed by atoms with Gasteiger partial charge in [-0.05, 0) is 31.6 Å². The fourth-order valence-corrected chi connectivity index (χ4v) is 12.5. The van der Waals surface area contributed by atoms with E-state index >= 15 is 0 Å². The van der Waals surface area contributed by atoms with Crippen LogP contribution >= 0.6 is 15.6 Å². The van der Waals surface area contributed by atoms with E-state index < -0.39 is 97.5 Å². The smallest absolute Gasteiger partial charge is 0.462 e. The van der Waals surface area contributed by atoms with E-state index in [0.717, 1.165) is 102 Å². The Bertz CT molecular complexity index is 1760. The van der Waals surface area contributed by atoms with E-state index in [0.29, 0.717) is 25.7 Å². The maximum Gasteiger partial charge on any atom is 0.472 e. The molecule has 3 N–H and O–H groups in total. The number of carbonyl (C=O) groups excluding carboxylic acids is 4. The van der Waals surface area contributed by atoms with Crippen LogP contribution in [0.1, 0.15) is 375 Å². The first-order chi connectivity index (χ1) is 44.1. The first-order valence-corrected chi connectivity index (χ1v) is 40.7. The second-order valence-corrected chi connectivity index (χ2v) is 29.1. The third-order valence-electron chi connectivity index (χ3n) is 17.1. The highest BCUT2D eigenvalue weighted by Gasteiger charge is 2.30. The maximum absolute atomic E-state index is 13.0. The topological polar surface area (TPSA) is 237 Å². The molecule has 91 heavy (non-hydrogen) atoms. The van der Waals surface area contributed by atoms with Gasteiger partial charge in [0.2, 0.25) is 0 Å². The van der Waals surface area contributed by atoms with Crippen LogP contribution in [0.25, 0.3) is 0 Å². The van der Waals surface area contributed by atoms with Crippen LogP contribution in [0.4, 0.5) is 0 Å². The zero-order valence-electron chi connectivity index (χ0n) is 59.0. The molecule has 6 atom stereocenters. The van der Waals surface area contributed by atoms with Crippen LogP contribution in [-0.4, -0.2) is 96.7 Å². The maximum atomic E-state index is 13.0. The molecule has 17 nitrogen and oxygen atoms in total. The second-order valence-electron chi connectivity index (χ2n) is 26.2. The summed E-state index contributed by atoms with van der Waals surface area (Å²) in [7, 11) is -9.90. The van der Waals surface area contributed by atoms with E-state index in [-0.39, 0.29) is 25.7 Å². The SMILES string of the molecule is CCCCCCCCCCCCCCCCCCC(=O)O[C@H](COC(=O)CCCCCCCCCCCCCCC)COP(=O)(O)OC[C@@H](O)COP(=O)(O)OC[C@@H](COC(=O)CCCCCCCCC(C)CC)OC(=O)CCCCCCCCCCCCCC. The van der Waals surface area contributed by atoms with E-state index in [4.69, 9.17) is 37.0 Å². The number of rotatable bonds is 72. The van der Waals surface area contributed by atoms with Crippen molar-refractivity contribution in [2.45, 2.75) is 393 Å². The van der Waals surface area contributed by atoms with Gasteiger partial charge in [-0.15, -0.1) is 0 Å². The minimum Gasteiger partial charge on any atom is -0.462 e. The summed E-state index contributed by atoms with van der Waals surface area (Å²) < 4.78 is 68.4. The zero-order chi connectivity index (χ0) is 67.0. The lowest BCUT2D eigenvalue weighted by molar-refractivity contribution is -0.161. The number of phosphoric ester groups is 2. The van der Waals surface area contributed by atoms with Gasteiger partial charge < -0.3 is 33.8 Å². The number of esters is 4. The molecule has 19 heteroatoms. The van der Waals surface area contributed by atoms with Crippen molar-refractivity contribution in [2.75, 3.05) is 39.6 Å². The minimum atomic E-state index is -4.95. The first-order valence-electron chi connectivity index (χ1n) is 37.7. The Balaban J connectivity index is 5.25. The number of hydrogen-bond donors (Lipinski definition) is 3. The van der Waals surface area contributed by atoms with Crippen molar-refractivity contribution in [2.24, 2.45) is 5.92 Å². The highest BCUT2D eigenvalue weighted by molar-refractivity contribution is 7.47. The monoisotopic (exact) mass is 1340 g/mol. The van der Waals surface area contributed by atoms with Crippen LogP contribution in [0.5, 0.6) is 0 Å². The van der Waals surface area contributed by atoms with Crippen molar-refractivity contribution in [3.05, 3.63) is 0 Å². The van der Waals surface area contributed by atoms with Gasteiger partial charge in [-0.25, -0.2) is 9.13 Å². The molecule has 0 aliphatic heterocycles. The molecule has 0 aromatic carbocycles. The molecule has 0 saturated heterocycles. The Morgan fingerprint density at radius 3 is 0.780 bits per heavy atom. The van der Waals surface area contributed by atoms with E-state index in [9.17, 15) is 43.2 Å². The fourth-order valence-electron chi connectivity index (χ4n) is 11.0. The molecule has 0 rings (SSSR count). The fraction of sp³-hybridized carbons (Fsp3) is 0.944. The van der Waals surface area contributed by atoms with Crippen LogP contribution in [0.15, 0.2) is 0 Å². The number of carbonyl (C=O) groups is 4. The molecule has 0 radical (unpaired) electrons. The third kappa shape index (κ3) is 65.1. The number of unbranched alkanes of at least 4 members (excludes halogenated alkanes) is 43. The molecule has 0 aliphatic rings. The van der Waals surface area contributed by atoms with Gasteiger partial charge in [0.15, 0.2) is 12.2 Å². The molecule has 0 fully saturated rings. The average Bonchev–Trinajstić information content (AvgIpc) is 3.70. The van der Waals surface area contributed by atoms with Gasteiger partial charge in [-0.3, -0.25) is 37.3 Å². The van der Waals surface area contributed by atoms with Crippen LogP contribution in [0.3, 0.4) is 0 Å². The van der Waals surface area contributed by atoms with Crippen LogP contribution in [0, 0.1) is 5.92 Å². The molecular weight excluding hydrogens is 1200 g/mol. The third-order valence-corrected chi connectivity index (χ3v) is 19.0. The van der Waals surface area contributed by atoms with Crippen LogP contribution < -0.4 is 0 Å². The van der Waals surface area contributed by atoms with E-state index in [2.05, 4.69) is 34.6 Å². The number of ether oxygens (including phenoxy) is 4. The van der Waals surface area contributed by atoms with Crippen molar-refractivity contribution >= 4 is 39.5 Å². The molecule has 0 amide bonds. The molecular formula is C72H140O17P2. The number of aliphatic hydroxyl groups excluding tert-OH is 1. The number of phosphoric acid groups is 2. The molecule has 0 aliphatic carbocycles. The molecule has 0 bridgehead atoms. The summed E-state index contributed by atoms with van der Waals surface area (Å²) in [6, 6.07) is 0. The molecule has 0 heterocycles. The van der Waals surface area contributed by atoms with Crippen LogP contribution in [0.2, 0.25) is 0 Å². The Morgan fingerprint density at radius 2 is 0.527 bits per heavy atom. The summed E-state index contributed by atoms with van der Waals surface area (Å²) in [6.45, 7) is 7.23. The lowest BCUT2D eigenvalue weighted by atomic mass is 10.00. The van der Waals surface area contributed by atoms with Crippen molar-refractivity contribution < 1.29 is 80.2 Å². The Kier molecular flexibility index (Phi) is 64.0. The number of aliphatic hydroxyl groups is 1. The first kappa shape index (κ1) is 89.1. The lowest BCUT2D eigenvalue weighted by Gasteiger charge is -2.21. The summed E-state index contributed by atoms with van der Waals surface area (Å²) in [5.74, 6) is -1.39.